The first-order chi connectivity index (χ1) is 10.2. The fraction of sp³-hybridized carbons (Fsp3) is 0.188. The van der Waals surface area contributed by atoms with Gasteiger partial charge in [0.2, 0.25) is 0 Å². The summed E-state index contributed by atoms with van der Waals surface area (Å²) in [6.45, 7) is 2.99. The summed E-state index contributed by atoms with van der Waals surface area (Å²) in [6, 6.07) is 10.3. The summed E-state index contributed by atoms with van der Waals surface area (Å²) in [5, 5.41) is 4.43. The first-order valence-corrected chi connectivity index (χ1v) is 8.43. The van der Waals surface area contributed by atoms with Gasteiger partial charge in [-0.15, -0.1) is 11.3 Å². The molecule has 3 aromatic rings. The highest BCUT2D eigenvalue weighted by atomic mass is 79.9. The van der Waals surface area contributed by atoms with Crippen molar-refractivity contribution in [3.05, 3.63) is 50.8 Å². The number of benzene rings is 1. The van der Waals surface area contributed by atoms with Crippen molar-refractivity contribution in [2.24, 2.45) is 0 Å². The average Bonchev–Trinajstić information content (AvgIpc) is 2.95. The van der Waals surface area contributed by atoms with Gasteiger partial charge in [0.25, 0.3) is 0 Å². The van der Waals surface area contributed by atoms with Crippen molar-refractivity contribution >= 4 is 49.5 Å². The molecule has 0 saturated carbocycles. The normalized spacial score (nSPS) is 11.0. The van der Waals surface area contributed by atoms with Gasteiger partial charge in [-0.3, -0.25) is 4.98 Å². The van der Waals surface area contributed by atoms with Gasteiger partial charge < -0.3 is 11.1 Å². The largest absolute Gasteiger partial charge is 0.398 e. The molecule has 0 unspecified atom stereocenters. The SMILES string of the molecule is CCc1ccc(CNc2ccc(N)c3cc(Br)cnc23)s1. The van der Waals surface area contributed by atoms with Crippen LogP contribution >= 0.6 is 27.3 Å². The van der Waals surface area contributed by atoms with Crippen LogP contribution in [0.5, 0.6) is 0 Å². The van der Waals surface area contributed by atoms with E-state index in [4.69, 9.17) is 5.73 Å². The number of nitrogens with zero attached hydrogens (tertiary/aromatic N) is 1. The summed E-state index contributed by atoms with van der Waals surface area (Å²) in [5.41, 5.74) is 8.70. The van der Waals surface area contributed by atoms with Gasteiger partial charge in [0, 0.05) is 38.0 Å². The molecular formula is C16H16BrN3S. The second-order valence-corrected chi connectivity index (χ2v) is 7.00. The number of nitrogens with one attached hydrogen (secondary N) is 1. The molecular weight excluding hydrogens is 346 g/mol. The van der Waals surface area contributed by atoms with E-state index in [1.54, 1.807) is 6.20 Å². The molecule has 3 N–H and O–H groups in total. The van der Waals surface area contributed by atoms with Crippen LogP contribution in [0, 0.1) is 0 Å². The van der Waals surface area contributed by atoms with Crippen molar-refractivity contribution in [2.45, 2.75) is 19.9 Å². The zero-order valence-electron chi connectivity index (χ0n) is 11.7. The lowest BCUT2D eigenvalue weighted by Crippen LogP contribution is -2.00. The van der Waals surface area contributed by atoms with E-state index in [1.807, 2.05) is 29.5 Å². The molecule has 0 radical (unpaired) electrons. The summed E-state index contributed by atoms with van der Waals surface area (Å²) in [6.07, 6.45) is 2.89. The van der Waals surface area contributed by atoms with E-state index >= 15 is 0 Å². The van der Waals surface area contributed by atoms with Crippen LogP contribution in [0.25, 0.3) is 10.9 Å². The summed E-state index contributed by atoms with van der Waals surface area (Å²) >= 11 is 5.29. The minimum Gasteiger partial charge on any atom is -0.398 e. The van der Waals surface area contributed by atoms with Gasteiger partial charge in [-0.25, -0.2) is 0 Å². The maximum Gasteiger partial charge on any atom is 0.0954 e. The second-order valence-electron chi connectivity index (χ2n) is 4.83. The van der Waals surface area contributed by atoms with Gasteiger partial charge in [-0.05, 0) is 52.7 Å². The van der Waals surface area contributed by atoms with Crippen molar-refractivity contribution in [3.8, 4) is 0 Å². The molecule has 2 heterocycles. The van der Waals surface area contributed by atoms with Crippen LogP contribution in [0.1, 0.15) is 16.7 Å². The third-order valence-corrected chi connectivity index (χ3v) is 5.03. The fourth-order valence-electron chi connectivity index (χ4n) is 2.25. The van der Waals surface area contributed by atoms with Crippen molar-refractivity contribution in [1.29, 1.82) is 0 Å². The number of halogens is 1. The van der Waals surface area contributed by atoms with Crippen molar-refractivity contribution in [1.82, 2.24) is 4.98 Å². The van der Waals surface area contributed by atoms with E-state index in [9.17, 15) is 0 Å². The predicted molar refractivity (Wildman–Crippen MR) is 94.9 cm³/mol. The van der Waals surface area contributed by atoms with E-state index in [1.165, 1.54) is 9.75 Å². The molecule has 0 spiro atoms. The summed E-state index contributed by atoms with van der Waals surface area (Å²) in [5.74, 6) is 0. The molecule has 0 fully saturated rings. The van der Waals surface area contributed by atoms with E-state index in [0.29, 0.717) is 0 Å². The molecule has 0 bridgehead atoms. The van der Waals surface area contributed by atoms with Gasteiger partial charge in [-0.1, -0.05) is 6.92 Å². The number of pyridine rings is 1. The molecule has 2 aromatic heterocycles. The number of aromatic nitrogens is 1. The van der Waals surface area contributed by atoms with Crippen molar-refractivity contribution < 1.29 is 0 Å². The lowest BCUT2D eigenvalue weighted by Gasteiger charge is -2.10. The molecule has 0 amide bonds. The number of anilines is 2. The van der Waals surface area contributed by atoms with Gasteiger partial charge in [0.15, 0.2) is 0 Å². The van der Waals surface area contributed by atoms with E-state index in [2.05, 4.69) is 45.3 Å². The molecule has 5 heteroatoms. The number of nitrogens with two attached hydrogens (primary N) is 1. The number of fused-ring (bicyclic) bond motifs is 1. The Morgan fingerprint density at radius 3 is 2.81 bits per heavy atom. The first-order valence-electron chi connectivity index (χ1n) is 6.82. The fourth-order valence-corrected chi connectivity index (χ4v) is 3.48. The molecule has 3 rings (SSSR count). The highest BCUT2D eigenvalue weighted by Gasteiger charge is 2.07. The zero-order chi connectivity index (χ0) is 14.8. The van der Waals surface area contributed by atoms with E-state index in [0.717, 1.165) is 39.7 Å². The van der Waals surface area contributed by atoms with Crippen LogP contribution in [0.4, 0.5) is 11.4 Å². The predicted octanol–water partition coefficient (Wildman–Crippen LogP) is 4.82. The molecule has 0 atom stereocenters. The molecule has 0 aliphatic heterocycles. The summed E-state index contributed by atoms with van der Waals surface area (Å²) in [7, 11) is 0. The van der Waals surface area contributed by atoms with Crippen LogP contribution in [-0.4, -0.2) is 4.98 Å². The molecule has 1 aromatic carbocycles. The van der Waals surface area contributed by atoms with Crippen LogP contribution in [0.2, 0.25) is 0 Å². The number of hydrogen-bond acceptors (Lipinski definition) is 4. The van der Waals surface area contributed by atoms with Gasteiger partial charge in [-0.2, -0.15) is 0 Å². The minimum atomic E-state index is 0.744. The van der Waals surface area contributed by atoms with Crippen molar-refractivity contribution in [3.63, 3.8) is 0 Å². The standard InChI is InChI=1S/C16H16BrN3S/c1-2-11-3-4-12(21-11)9-19-15-6-5-14(18)13-7-10(17)8-20-16(13)15/h3-8,19H,2,9,18H2,1H3. The third kappa shape index (κ3) is 3.04. The summed E-state index contributed by atoms with van der Waals surface area (Å²) in [4.78, 5) is 7.23. The Morgan fingerprint density at radius 2 is 2.05 bits per heavy atom. The summed E-state index contributed by atoms with van der Waals surface area (Å²) < 4.78 is 0.935. The Bertz CT molecular complexity index is 782. The Balaban J connectivity index is 1.88. The van der Waals surface area contributed by atoms with Crippen LogP contribution in [0.15, 0.2) is 41.0 Å². The quantitative estimate of drug-likeness (QED) is 0.655. The zero-order valence-corrected chi connectivity index (χ0v) is 14.1. The smallest absolute Gasteiger partial charge is 0.0954 e. The lowest BCUT2D eigenvalue weighted by atomic mass is 10.1. The Hall–Kier alpha value is -1.59. The number of aryl methyl sites for hydroxylation is 1. The number of thiophene rings is 1. The number of hydrogen-bond donors (Lipinski definition) is 2. The average molecular weight is 362 g/mol. The molecule has 0 saturated heterocycles. The first kappa shape index (κ1) is 14.4. The van der Waals surface area contributed by atoms with E-state index in [-0.39, 0.29) is 0 Å². The van der Waals surface area contributed by atoms with Crippen molar-refractivity contribution in [2.75, 3.05) is 11.1 Å². The third-order valence-electron chi connectivity index (χ3n) is 3.37. The van der Waals surface area contributed by atoms with Crippen LogP contribution in [0.3, 0.4) is 0 Å². The molecule has 0 aliphatic rings. The minimum absolute atomic E-state index is 0.744. The topological polar surface area (TPSA) is 50.9 Å². The van der Waals surface area contributed by atoms with E-state index < -0.39 is 0 Å². The second kappa shape index (κ2) is 6.03. The molecule has 0 aliphatic carbocycles. The Labute approximate surface area is 136 Å². The number of nitrogen functional groups attached to an aromatic ring is 1. The van der Waals surface area contributed by atoms with Gasteiger partial charge in [0.1, 0.15) is 0 Å². The highest BCUT2D eigenvalue weighted by Crippen LogP contribution is 2.29. The molecule has 21 heavy (non-hydrogen) atoms. The van der Waals surface area contributed by atoms with Crippen LogP contribution in [-0.2, 0) is 13.0 Å². The maximum atomic E-state index is 6.04. The molecule has 108 valence electrons. The molecule has 3 nitrogen and oxygen atoms in total. The van der Waals surface area contributed by atoms with Gasteiger partial charge >= 0.3 is 0 Å². The Kier molecular flexibility index (Phi) is 4.12. The number of rotatable bonds is 4. The highest BCUT2D eigenvalue weighted by molar-refractivity contribution is 9.10. The monoisotopic (exact) mass is 361 g/mol. The maximum absolute atomic E-state index is 6.04. The Morgan fingerprint density at radius 1 is 1.24 bits per heavy atom. The lowest BCUT2D eigenvalue weighted by molar-refractivity contribution is 1.19. The van der Waals surface area contributed by atoms with Crippen LogP contribution < -0.4 is 11.1 Å². The van der Waals surface area contributed by atoms with Gasteiger partial charge in [0.05, 0.1) is 11.2 Å².